The Hall–Kier alpha value is -3.79. The molecular weight excluding hydrogens is 382 g/mol. The number of carbonyl (C=O) groups is 2. The van der Waals surface area contributed by atoms with Gasteiger partial charge in [0.25, 0.3) is 11.8 Å². The van der Waals surface area contributed by atoms with Crippen LogP contribution in [0.15, 0.2) is 48.0 Å². The van der Waals surface area contributed by atoms with E-state index in [0.29, 0.717) is 29.4 Å². The highest BCUT2D eigenvalue weighted by atomic mass is 16.5. The summed E-state index contributed by atoms with van der Waals surface area (Å²) in [6.07, 6.45) is 1.48. The maximum Gasteiger partial charge on any atom is 0.266 e. The number of rotatable bonds is 8. The highest BCUT2D eigenvalue weighted by Gasteiger charge is 2.13. The second kappa shape index (κ2) is 10.7. The summed E-state index contributed by atoms with van der Waals surface area (Å²) in [7, 11) is 3.29. The first-order chi connectivity index (χ1) is 14.3. The van der Waals surface area contributed by atoms with Crippen LogP contribution in [0.25, 0.3) is 6.08 Å². The Morgan fingerprint density at radius 2 is 1.87 bits per heavy atom. The zero-order chi connectivity index (χ0) is 22.1. The SMILES string of the molecule is CCOc1cc(/C=C(\C#N)C(=O)Nc2ccccc2C)ccc1OCC(=O)N(C)C. The van der Waals surface area contributed by atoms with Gasteiger partial charge in [-0.05, 0) is 49.2 Å². The molecule has 0 atom stereocenters. The van der Waals surface area contributed by atoms with Gasteiger partial charge in [0.05, 0.1) is 6.61 Å². The first-order valence-corrected chi connectivity index (χ1v) is 9.44. The van der Waals surface area contributed by atoms with Crippen molar-refractivity contribution in [3.63, 3.8) is 0 Å². The molecule has 0 unspecified atom stereocenters. The van der Waals surface area contributed by atoms with Gasteiger partial charge >= 0.3 is 0 Å². The summed E-state index contributed by atoms with van der Waals surface area (Å²) in [6, 6.07) is 14.3. The van der Waals surface area contributed by atoms with E-state index in [1.54, 1.807) is 38.4 Å². The zero-order valence-electron chi connectivity index (χ0n) is 17.6. The summed E-state index contributed by atoms with van der Waals surface area (Å²) in [5.41, 5.74) is 2.10. The van der Waals surface area contributed by atoms with Crippen LogP contribution in [-0.4, -0.2) is 44.0 Å². The highest BCUT2D eigenvalue weighted by molar-refractivity contribution is 6.10. The number of likely N-dealkylation sites (N-methyl/N-ethyl adjacent to an activating group) is 1. The maximum atomic E-state index is 12.5. The molecule has 0 aliphatic carbocycles. The molecule has 0 aliphatic rings. The lowest BCUT2D eigenvalue weighted by atomic mass is 10.1. The van der Waals surface area contributed by atoms with Gasteiger partial charge in [-0.2, -0.15) is 5.26 Å². The predicted octanol–water partition coefficient (Wildman–Crippen LogP) is 3.41. The minimum atomic E-state index is -0.498. The Kier molecular flexibility index (Phi) is 8.00. The summed E-state index contributed by atoms with van der Waals surface area (Å²) in [4.78, 5) is 25.7. The average molecular weight is 407 g/mol. The smallest absolute Gasteiger partial charge is 0.266 e. The fourth-order valence-corrected chi connectivity index (χ4v) is 2.49. The highest BCUT2D eigenvalue weighted by Crippen LogP contribution is 2.29. The Balaban J connectivity index is 2.23. The Morgan fingerprint density at radius 1 is 1.13 bits per heavy atom. The molecule has 2 rings (SSSR count). The largest absolute Gasteiger partial charge is 0.490 e. The predicted molar refractivity (Wildman–Crippen MR) is 115 cm³/mol. The van der Waals surface area contributed by atoms with Crippen LogP contribution in [0.4, 0.5) is 5.69 Å². The lowest BCUT2D eigenvalue weighted by Gasteiger charge is -2.14. The molecule has 2 aromatic carbocycles. The molecular formula is C23H25N3O4. The summed E-state index contributed by atoms with van der Waals surface area (Å²) in [5.74, 6) is 0.157. The summed E-state index contributed by atoms with van der Waals surface area (Å²) in [5, 5.41) is 12.2. The number of anilines is 1. The lowest BCUT2D eigenvalue weighted by molar-refractivity contribution is -0.130. The number of hydrogen-bond donors (Lipinski definition) is 1. The molecule has 0 spiro atoms. The topological polar surface area (TPSA) is 91.7 Å². The first kappa shape index (κ1) is 22.5. The van der Waals surface area contributed by atoms with Crippen LogP contribution in [0.2, 0.25) is 0 Å². The number of aryl methyl sites for hydroxylation is 1. The normalized spacial score (nSPS) is 10.7. The van der Waals surface area contributed by atoms with Crippen LogP contribution in [-0.2, 0) is 9.59 Å². The Labute approximate surface area is 176 Å². The number of hydrogen-bond acceptors (Lipinski definition) is 5. The third kappa shape index (κ3) is 6.11. The molecule has 7 heteroatoms. The molecule has 0 radical (unpaired) electrons. The van der Waals surface area contributed by atoms with Crippen molar-refractivity contribution in [2.24, 2.45) is 0 Å². The first-order valence-electron chi connectivity index (χ1n) is 9.44. The van der Waals surface area contributed by atoms with E-state index in [9.17, 15) is 14.9 Å². The Bertz CT molecular complexity index is 990. The van der Waals surface area contributed by atoms with Gasteiger partial charge in [0, 0.05) is 19.8 Å². The molecule has 0 aromatic heterocycles. The van der Waals surface area contributed by atoms with E-state index < -0.39 is 5.91 Å². The lowest BCUT2D eigenvalue weighted by Crippen LogP contribution is -2.27. The Morgan fingerprint density at radius 3 is 2.50 bits per heavy atom. The molecule has 7 nitrogen and oxygen atoms in total. The molecule has 156 valence electrons. The molecule has 2 amide bonds. The second-order valence-electron chi connectivity index (χ2n) is 6.65. The van der Waals surface area contributed by atoms with Gasteiger partial charge in [-0.1, -0.05) is 24.3 Å². The summed E-state index contributed by atoms with van der Waals surface area (Å²) in [6.45, 7) is 3.97. The van der Waals surface area contributed by atoms with Crippen molar-refractivity contribution in [3.8, 4) is 17.6 Å². The molecule has 2 aromatic rings. The number of ether oxygens (including phenoxy) is 2. The molecule has 0 saturated carbocycles. The van der Waals surface area contributed by atoms with Crippen LogP contribution >= 0.6 is 0 Å². The fourth-order valence-electron chi connectivity index (χ4n) is 2.49. The van der Waals surface area contributed by atoms with Gasteiger partial charge < -0.3 is 19.7 Å². The average Bonchev–Trinajstić information content (AvgIpc) is 2.72. The van der Waals surface area contributed by atoms with Gasteiger partial charge in [0.1, 0.15) is 11.6 Å². The van der Waals surface area contributed by atoms with E-state index in [1.807, 2.05) is 38.1 Å². The molecule has 0 saturated heterocycles. The van der Waals surface area contributed by atoms with Crippen LogP contribution in [0, 0.1) is 18.3 Å². The fraction of sp³-hybridized carbons (Fsp3) is 0.261. The number of para-hydroxylation sites is 1. The van der Waals surface area contributed by atoms with Crippen LogP contribution < -0.4 is 14.8 Å². The molecule has 0 aliphatic heterocycles. The van der Waals surface area contributed by atoms with Crippen molar-refractivity contribution in [3.05, 3.63) is 59.2 Å². The van der Waals surface area contributed by atoms with Crippen molar-refractivity contribution < 1.29 is 19.1 Å². The summed E-state index contributed by atoms with van der Waals surface area (Å²) >= 11 is 0. The van der Waals surface area contributed by atoms with Crippen molar-refractivity contribution in [2.45, 2.75) is 13.8 Å². The quantitative estimate of drug-likeness (QED) is 0.535. The van der Waals surface area contributed by atoms with Crippen molar-refractivity contribution >= 4 is 23.6 Å². The van der Waals surface area contributed by atoms with Crippen molar-refractivity contribution in [2.75, 3.05) is 32.6 Å². The van der Waals surface area contributed by atoms with Crippen LogP contribution in [0.1, 0.15) is 18.1 Å². The zero-order valence-corrected chi connectivity index (χ0v) is 17.6. The number of nitriles is 1. The minimum Gasteiger partial charge on any atom is -0.490 e. The van der Waals surface area contributed by atoms with Crippen LogP contribution in [0.5, 0.6) is 11.5 Å². The maximum absolute atomic E-state index is 12.5. The number of benzene rings is 2. The van der Waals surface area contributed by atoms with Gasteiger partial charge in [-0.25, -0.2) is 0 Å². The van der Waals surface area contributed by atoms with E-state index >= 15 is 0 Å². The number of nitrogens with one attached hydrogen (secondary N) is 1. The number of carbonyl (C=O) groups excluding carboxylic acids is 2. The van der Waals surface area contributed by atoms with Crippen LogP contribution in [0.3, 0.4) is 0 Å². The molecule has 0 bridgehead atoms. The number of nitrogens with zero attached hydrogens (tertiary/aromatic N) is 2. The van der Waals surface area contributed by atoms with Gasteiger partial charge in [0.15, 0.2) is 18.1 Å². The van der Waals surface area contributed by atoms with E-state index in [2.05, 4.69) is 5.32 Å². The number of amides is 2. The monoisotopic (exact) mass is 407 g/mol. The molecule has 30 heavy (non-hydrogen) atoms. The van der Waals surface area contributed by atoms with Crippen molar-refractivity contribution in [1.29, 1.82) is 5.26 Å². The molecule has 0 heterocycles. The third-order valence-corrected chi connectivity index (χ3v) is 4.19. The second-order valence-corrected chi connectivity index (χ2v) is 6.65. The van der Waals surface area contributed by atoms with E-state index in [1.165, 1.54) is 11.0 Å². The van der Waals surface area contributed by atoms with E-state index in [4.69, 9.17) is 9.47 Å². The summed E-state index contributed by atoms with van der Waals surface area (Å²) < 4.78 is 11.2. The van der Waals surface area contributed by atoms with E-state index in [0.717, 1.165) is 5.56 Å². The van der Waals surface area contributed by atoms with Gasteiger partial charge in [-0.3, -0.25) is 9.59 Å². The van der Waals surface area contributed by atoms with Gasteiger partial charge in [-0.15, -0.1) is 0 Å². The van der Waals surface area contributed by atoms with E-state index in [-0.39, 0.29) is 18.1 Å². The molecule has 0 fully saturated rings. The minimum absolute atomic E-state index is 0.0443. The van der Waals surface area contributed by atoms with Gasteiger partial charge in [0.2, 0.25) is 0 Å². The third-order valence-electron chi connectivity index (χ3n) is 4.19. The standard InChI is InChI=1S/C23H25N3O4/c1-5-29-21-13-17(10-11-20(21)30-15-22(27)26(3)4)12-18(14-24)23(28)25-19-9-7-6-8-16(19)2/h6-13H,5,15H2,1-4H3,(H,25,28)/b18-12+. The molecule has 1 N–H and O–H groups in total. The van der Waals surface area contributed by atoms with Crippen molar-refractivity contribution in [1.82, 2.24) is 4.90 Å².